The predicted molar refractivity (Wildman–Crippen MR) is 93.4 cm³/mol. The van der Waals surface area contributed by atoms with Crippen LogP contribution in [-0.4, -0.2) is 36.0 Å². The minimum atomic E-state index is -4.31. The van der Waals surface area contributed by atoms with Gasteiger partial charge in [0.15, 0.2) is 0 Å². The number of rotatable bonds is 6. The predicted octanol–water partition coefficient (Wildman–Crippen LogP) is 2.95. The fourth-order valence-corrected chi connectivity index (χ4v) is 2.90. The van der Waals surface area contributed by atoms with Crippen molar-refractivity contribution < 1.29 is 18.0 Å². The summed E-state index contributed by atoms with van der Waals surface area (Å²) in [5, 5.41) is 2.95. The molecule has 1 amide bonds. The van der Waals surface area contributed by atoms with Crippen LogP contribution < -0.4 is 11.1 Å². The molecule has 0 aromatic heterocycles. The van der Waals surface area contributed by atoms with Crippen LogP contribution in [-0.2, 0) is 17.5 Å². The molecule has 0 saturated carbocycles. The molecule has 25 heavy (non-hydrogen) atoms. The lowest BCUT2D eigenvalue weighted by atomic mass is 10.1. The van der Waals surface area contributed by atoms with E-state index in [1.807, 2.05) is 6.92 Å². The molecule has 0 radical (unpaired) electrons. The highest BCUT2D eigenvalue weighted by molar-refractivity contribution is 5.85. The van der Waals surface area contributed by atoms with E-state index in [1.54, 1.807) is 0 Å². The van der Waals surface area contributed by atoms with Gasteiger partial charge in [0.05, 0.1) is 11.6 Å². The number of alkyl halides is 3. The smallest absolute Gasteiger partial charge is 0.351 e. The Morgan fingerprint density at radius 1 is 1.36 bits per heavy atom. The first kappa shape index (κ1) is 21.7. The van der Waals surface area contributed by atoms with Crippen LogP contribution in [0.3, 0.4) is 0 Å². The molecule has 1 aromatic carbocycles. The summed E-state index contributed by atoms with van der Waals surface area (Å²) >= 11 is 0. The van der Waals surface area contributed by atoms with Gasteiger partial charge in [-0.1, -0.05) is 25.5 Å². The summed E-state index contributed by atoms with van der Waals surface area (Å²) in [6.07, 6.45) is -1.96. The zero-order valence-corrected chi connectivity index (χ0v) is 15.0. The van der Waals surface area contributed by atoms with Crippen LogP contribution in [0, 0.1) is 0 Å². The summed E-state index contributed by atoms with van der Waals surface area (Å²) in [4.78, 5) is 14.0. The SMILES string of the molecule is CCCC(N)C(=O)NC1CCN(Cc2ccc(C(F)(F)F)cc2)C1.Cl. The number of nitrogens with one attached hydrogen (secondary N) is 1. The van der Waals surface area contributed by atoms with Crippen LogP contribution in [0.5, 0.6) is 0 Å². The quantitative estimate of drug-likeness (QED) is 0.799. The standard InChI is InChI=1S/C17H24F3N3O.ClH/c1-2-3-15(21)16(24)22-14-8-9-23(11-14)10-12-4-6-13(7-5-12)17(18,19)20;/h4-7,14-15H,2-3,8-11,21H2,1H3,(H,22,24);1H. The highest BCUT2D eigenvalue weighted by Gasteiger charge is 2.30. The van der Waals surface area contributed by atoms with Gasteiger partial charge in [-0.05, 0) is 30.5 Å². The average Bonchev–Trinajstić information content (AvgIpc) is 2.94. The first-order valence-corrected chi connectivity index (χ1v) is 8.24. The Labute approximate surface area is 152 Å². The normalized spacial score (nSPS) is 19.3. The van der Waals surface area contributed by atoms with Crippen molar-refractivity contribution in [2.45, 2.75) is 51.0 Å². The van der Waals surface area contributed by atoms with E-state index in [9.17, 15) is 18.0 Å². The molecular formula is C17H25ClF3N3O. The fraction of sp³-hybridized carbons (Fsp3) is 0.588. The molecule has 1 heterocycles. The summed E-state index contributed by atoms with van der Waals surface area (Å²) in [5.41, 5.74) is 5.99. The minimum absolute atomic E-state index is 0. The first-order valence-electron chi connectivity index (χ1n) is 8.24. The van der Waals surface area contributed by atoms with Crippen LogP contribution in [0.2, 0.25) is 0 Å². The van der Waals surface area contributed by atoms with Crippen molar-refractivity contribution in [2.75, 3.05) is 13.1 Å². The lowest BCUT2D eigenvalue weighted by Crippen LogP contribution is -2.46. The number of likely N-dealkylation sites (tertiary alicyclic amines) is 1. The molecule has 8 heteroatoms. The zero-order valence-electron chi connectivity index (χ0n) is 14.2. The Bertz CT molecular complexity index is 551. The van der Waals surface area contributed by atoms with E-state index in [1.165, 1.54) is 12.1 Å². The van der Waals surface area contributed by atoms with Crippen LogP contribution in [0.4, 0.5) is 13.2 Å². The van der Waals surface area contributed by atoms with Crippen molar-refractivity contribution in [3.05, 3.63) is 35.4 Å². The second-order valence-electron chi connectivity index (χ2n) is 6.32. The van der Waals surface area contributed by atoms with Gasteiger partial charge in [0.1, 0.15) is 0 Å². The molecule has 0 spiro atoms. The van der Waals surface area contributed by atoms with Crippen LogP contribution >= 0.6 is 12.4 Å². The molecular weight excluding hydrogens is 355 g/mol. The molecule has 1 saturated heterocycles. The number of nitrogens with two attached hydrogens (primary N) is 1. The van der Waals surface area contributed by atoms with Crippen LogP contribution in [0.15, 0.2) is 24.3 Å². The van der Waals surface area contributed by atoms with E-state index >= 15 is 0 Å². The largest absolute Gasteiger partial charge is 0.416 e. The van der Waals surface area contributed by atoms with E-state index in [0.717, 1.165) is 37.1 Å². The number of carbonyl (C=O) groups is 1. The molecule has 3 N–H and O–H groups in total. The van der Waals surface area contributed by atoms with Crippen molar-refractivity contribution in [3.8, 4) is 0 Å². The number of amides is 1. The van der Waals surface area contributed by atoms with Gasteiger partial charge in [-0.3, -0.25) is 9.69 Å². The zero-order chi connectivity index (χ0) is 17.7. The molecule has 1 fully saturated rings. The molecule has 0 bridgehead atoms. The third-order valence-corrected chi connectivity index (χ3v) is 4.24. The number of halogens is 4. The highest BCUT2D eigenvalue weighted by atomic mass is 35.5. The van der Waals surface area contributed by atoms with Crippen molar-refractivity contribution in [1.29, 1.82) is 0 Å². The number of benzene rings is 1. The molecule has 1 aromatic rings. The topological polar surface area (TPSA) is 58.4 Å². The van der Waals surface area contributed by atoms with E-state index in [-0.39, 0.29) is 24.4 Å². The molecule has 0 aliphatic carbocycles. The average molecular weight is 380 g/mol. The monoisotopic (exact) mass is 379 g/mol. The second kappa shape index (κ2) is 9.40. The van der Waals surface area contributed by atoms with Crippen molar-refractivity contribution >= 4 is 18.3 Å². The first-order chi connectivity index (χ1) is 11.3. The molecule has 2 unspecified atom stereocenters. The molecule has 2 atom stereocenters. The summed E-state index contributed by atoms with van der Waals surface area (Å²) in [5.74, 6) is -0.127. The summed E-state index contributed by atoms with van der Waals surface area (Å²) in [6.45, 7) is 4.04. The maximum Gasteiger partial charge on any atom is 0.416 e. The van der Waals surface area contributed by atoms with Gasteiger partial charge in [-0.15, -0.1) is 12.4 Å². The molecule has 1 aliphatic rings. The van der Waals surface area contributed by atoms with E-state index < -0.39 is 17.8 Å². The molecule has 142 valence electrons. The minimum Gasteiger partial charge on any atom is -0.351 e. The van der Waals surface area contributed by atoms with Gasteiger partial charge < -0.3 is 11.1 Å². The van der Waals surface area contributed by atoms with E-state index in [0.29, 0.717) is 19.5 Å². The third-order valence-electron chi connectivity index (χ3n) is 4.24. The molecule has 1 aliphatic heterocycles. The lowest BCUT2D eigenvalue weighted by Gasteiger charge is -2.18. The van der Waals surface area contributed by atoms with Gasteiger partial charge in [-0.2, -0.15) is 13.2 Å². The summed E-state index contributed by atoms with van der Waals surface area (Å²) in [7, 11) is 0. The van der Waals surface area contributed by atoms with Crippen molar-refractivity contribution in [2.24, 2.45) is 5.73 Å². The van der Waals surface area contributed by atoms with Crippen molar-refractivity contribution in [3.63, 3.8) is 0 Å². The maximum absolute atomic E-state index is 12.6. The maximum atomic E-state index is 12.6. The number of hydrogen-bond donors (Lipinski definition) is 2. The fourth-order valence-electron chi connectivity index (χ4n) is 2.90. The van der Waals surface area contributed by atoms with Crippen molar-refractivity contribution in [1.82, 2.24) is 10.2 Å². The number of carbonyl (C=O) groups excluding carboxylic acids is 1. The Morgan fingerprint density at radius 2 is 2.00 bits per heavy atom. The second-order valence-corrected chi connectivity index (χ2v) is 6.32. The van der Waals surface area contributed by atoms with Gasteiger partial charge in [0.25, 0.3) is 0 Å². The highest BCUT2D eigenvalue weighted by Crippen LogP contribution is 2.29. The van der Waals surface area contributed by atoms with E-state index in [2.05, 4.69) is 10.2 Å². The molecule has 2 rings (SSSR count). The van der Waals surface area contributed by atoms with Gasteiger partial charge in [-0.25, -0.2) is 0 Å². The Kier molecular flexibility index (Phi) is 8.18. The van der Waals surface area contributed by atoms with Gasteiger partial charge in [0.2, 0.25) is 5.91 Å². The summed E-state index contributed by atoms with van der Waals surface area (Å²) < 4.78 is 37.7. The van der Waals surface area contributed by atoms with E-state index in [4.69, 9.17) is 5.73 Å². The van der Waals surface area contributed by atoms with Crippen LogP contribution in [0.25, 0.3) is 0 Å². The number of hydrogen-bond acceptors (Lipinski definition) is 3. The Balaban J connectivity index is 0.00000312. The van der Waals surface area contributed by atoms with Gasteiger partial charge in [0, 0.05) is 25.7 Å². The summed E-state index contributed by atoms with van der Waals surface area (Å²) in [6, 6.07) is 4.80. The molecule has 4 nitrogen and oxygen atoms in total. The van der Waals surface area contributed by atoms with Crippen LogP contribution in [0.1, 0.15) is 37.3 Å². The Morgan fingerprint density at radius 3 is 2.56 bits per heavy atom. The number of nitrogens with zero attached hydrogens (tertiary/aromatic N) is 1. The third kappa shape index (κ3) is 6.49. The van der Waals surface area contributed by atoms with Gasteiger partial charge >= 0.3 is 6.18 Å². The Hall–Kier alpha value is -1.31. The lowest BCUT2D eigenvalue weighted by molar-refractivity contribution is -0.137.